The third kappa shape index (κ3) is 3.89. The molecule has 2 atom stereocenters. The summed E-state index contributed by atoms with van der Waals surface area (Å²) in [4.78, 5) is 10.8. The molecule has 0 aromatic heterocycles. The number of ether oxygens (including phenoxy) is 2. The van der Waals surface area contributed by atoms with E-state index in [1.807, 2.05) is 56.3 Å². The minimum absolute atomic E-state index is 0.0275. The molecule has 25 heavy (non-hydrogen) atoms. The molecule has 0 amide bonds. The fourth-order valence-electron chi connectivity index (χ4n) is 2.85. The van der Waals surface area contributed by atoms with Gasteiger partial charge in [-0.3, -0.25) is 4.79 Å². The summed E-state index contributed by atoms with van der Waals surface area (Å²) >= 11 is 11.9. The number of carbonyl (C=O) groups is 1. The van der Waals surface area contributed by atoms with Crippen molar-refractivity contribution in [2.45, 2.75) is 25.6 Å². The average molecular weight is 378 g/mol. The van der Waals surface area contributed by atoms with Gasteiger partial charge in [0.1, 0.15) is 16.3 Å². The highest BCUT2D eigenvalue weighted by molar-refractivity contribution is 6.55. The first-order chi connectivity index (χ1) is 11.9. The Morgan fingerprint density at radius 2 is 1.96 bits per heavy atom. The van der Waals surface area contributed by atoms with Crippen molar-refractivity contribution in [2.24, 2.45) is 5.41 Å². The maximum atomic E-state index is 10.8. The molecule has 0 saturated heterocycles. The van der Waals surface area contributed by atoms with Crippen molar-refractivity contribution in [3.63, 3.8) is 0 Å². The molecule has 0 saturated carbocycles. The van der Waals surface area contributed by atoms with Gasteiger partial charge in [0, 0.05) is 5.41 Å². The van der Waals surface area contributed by atoms with E-state index < -0.39 is 17.1 Å². The third-order valence-electron chi connectivity index (χ3n) is 4.26. The summed E-state index contributed by atoms with van der Waals surface area (Å²) in [6.45, 7) is 4.00. The van der Waals surface area contributed by atoms with E-state index in [1.165, 1.54) is 0 Å². The Balaban J connectivity index is 2.55. The fraction of sp³-hybridized carbons (Fsp3) is 0.263. The van der Waals surface area contributed by atoms with Gasteiger partial charge in [0.25, 0.3) is 6.47 Å². The normalized spacial score (nSPS) is 22.1. The molecule has 1 aliphatic carbocycles. The number of para-hydroxylation sites is 1. The van der Waals surface area contributed by atoms with E-state index >= 15 is 0 Å². The van der Waals surface area contributed by atoms with Crippen molar-refractivity contribution < 1.29 is 14.3 Å². The van der Waals surface area contributed by atoms with Crippen LogP contribution < -0.4 is 4.74 Å². The summed E-state index contributed by atoms with van der Waals surface area (Å²) in [6, 6.07) is 11.2. The summed E-state index contributed by atoms with van der Waals surface area (Å²) in [5, 5.41) is 9.38. The Morgan fingerprint density at radius 3 is 2.52 bits per heavy atom. The topological polar surface area (TPSA) is 59.3 Å². The minimum Gasteiger partial charge on any atom is -0.478 e. The zero-order valence-electron chi connectivity index (χ0n) is 13.8. The second kappa shape index (κ2) is 7.77. The van der Waals surface area contributed by atoms with Gasteiger partial charge in [-0.05, 0) is 29.9 Å². The van der Waals surface area contributed by atoms with Crippen molar-refractivity contribution >= 4 is 29.7 Å². The molecule has 0 heterocycles. The van der Waals surface area contributed by atoms with Crippen molar-refractivity contribution in [3.05, 3.63) is 64.7 Å². The van der Waals surface area contributed by atoms with Crippen LogP contribution in [0.15, 0.2) is 64.7 Å². The lowest BCUT2D eigenvalue weighted by atomic mass is 9.65. The number of allylic oxidation sites excluding steroid dienone is 2. The number of nitriles is 1. The first kappa shape index (κ1) is 19.1. The van der Waals surface area contributed by atoms with E-state index in [1.54, 1.807) is 18.2 Å². The number of carbonyl (C=O) groups excluding carboxylic acids is 1. The molecule has 0 fully saturated rings. The van der Waals surface area contributed by atoms with Crippen LogP contribution in [0.2, 0.25) is 0 Å². The summed E-state index contributed by atoms with van der Waals surface area (Å²) < 4.78 is 11.2. The number of hydrogen-bond acceptors (Lipinski definition) is 4. The number of nitrogens with zero attached hydrogens (tertiary/aromatic N) is 1. The van der Waals surface area contributed by atoms with Crippen molar-refractivity contribution in [1.82, 2.24) is 0 Å². The molecular formula is C19H17Cl2NO3. The Hall–Kier alpha value is -2.22. The van der Waals surface area contributed by atoms with Crippen LogP contribution >= 0.6 is 23.2 Å². The lowest BCUT2D eigenvalue weighted by Crippen LogP contribution is -2.51. The van der Waals surface area contributed by atoms with Gasteiger partial charge < -0.3 is 9.47 Å². The summed E-state index contributed by atoms with van der Waals surface area (Å²) in [6.07, 6.45) is 5.81. The van der Waals surface area contributed by atoms with Crippen LogP contribution in [-0.2, 0) is 9.53 Å². The largest absolute Gasteiger partial charge is 0.478 e. The van der Waals surface area contributed by atoms with E-state index in [0.717, 1.165) is 0 Å². The van der Waals surface area contributed by atoms with E-state index in [4.69, 9.17) is 32.7 Å². The van der Waals surface area contributed by atoms with Gasteiger partial charge in [0.2, 0.25) is 6.10 Å². The van der Waals surface area contributed by atoms with Gasteiger partial charge >= 0.3 is 0 Å². The number of benzene rings is 1. The summed E-state index contributed by atoms with van der Waals surface area (Å²) in [5.74, 6) is 0.608. The first-order valence-corrected chi connectivity index (χ1v) is 8.28. The van der Waals surface area contributed by atoms with Crippen LogP contribution in [0.1, 0.15) is 13.8 Å². The molecule has 6 heteroatoms. The van der Waals surface area contributed by atoms with E-state index in [0.29, 0.717) is 11.3 Å². The Bertz CT molecular complexity index is 759. The standard InChI is InChI=1S/C19H17Cl2NO3/c1-18(2)15(16(12-22)24-13-23)9-6-10-19(18,11-17(20)21)25-14-7-4-3-5-8-14/h3-11,13,16H,1-2H3. The average Bonchev–Trinajstić information content (AvgIpc) is 2.56. The SMILES string of the molecule is CC1(C)C(C(C#N)OC=O)=CC=CC1(C=C(Cl)Cl)Oc1ccccc1. The van der Waals surface area contributed by atoms with Crippen LogP contribution in [0.3, 0.4) is 0 Å². The molecule has 2 rings (SSSR count). The van der Waals surface area contributed by atoms with Crippen molar-refractivity contribution in [1.29, 1.82) is 5.26 Å². The molecule has 0 radical (unpaired) electrons. The maximum absolute atomic E-state index is 10.8. The molecule has 1 aromatic rings. The second-order valence-corrected chi connectivity index (χ2v) is 7.00. The first-order valence-electron chi connectivity index (χ1n) is 7.53. The monoisotopic (exact) mass is 377 g/mol. The summed E-state index contributed by atoms with van der Waals surface area (Å²) in [7, 11) is 0. The van der Waals surface area contributed by atoms with E-state index in [-0.39, 0.29) is 11.0 Å². The molecule has 2 unspecified atom stereocenters. The molecule has 1 aliphatic rings. The Labute approximate surface area is 156 Å². The van der Waals surface area contributed by atoms with Crippen LogP contribution in [-0.4, -0.2) is 18.2 Å². The highest BCUT2D eigenvalue weighted by atomic mass is 35.5. The maximum Gasteiger partial charge on any atom is 0.294 e. The van der Waals surface area contributed by atoms with Gasteiger partial charge in [-0.25, -0.2) is 0 Å². The van der Waals surface area contributed by atoms with Crippen LogP contribution in [0.25, 0.3) is 0 Å². The van der Waals surface area contributed by atoms with Gasteiger partial charge in [-0.2, -0.15) is 5.26 Å². The predicted octanol–water partition coefficient (Wildman–Crippen LogP) is 4.71. The molecule has 0 bridgehead atoms. The minimum atomic E-state index is -1.07. The van der Waals surface area contributed by atoms with Gasteiger partial charge in [0.15, 0.2) is 5.60 Å². The predicted molar refractivity (Wildman–Crippen MR) is 97.1 cm³/mol. The lowest BCUT2D eigenvalue weighted by Gasteiger charge is -2.46. The lowest BCUT2D eigenvalue weighted by molar-refractivity contribution is -0.130. The van der Waals surface area contributed by atoms with Crippen molar-refractivity contribution in [3.8, 4) is 11.8 Å². The van der Waals surface area contributed by atoms with E-state index in [2.05, 4.69) is 0 Å². The highest BCUT2D eigenvalue weighted by Gasteiger charge is 2.50. The van der Waals surface area contributed by atoms with Crippen LogP contribution in [0, 0.1) is 16.7 Å². The summed E-state index contributed by atoms with van der Waals surface area (Å²) in [5.41, 5.74) is -1.28. The molecule has 4 nitrogen and oxygen atoms in total. The molecular weight excluding hydrogens is 361 g/mol. The van der Waals surface area contributed by atoms with Gasteiger partial charge in [0.05, 0.1) is 0 Å². The van der Waals surface area contributed by atoms with Crippen molar-refractivity contribution in [2.75, 3.05) is 0 Å². The zero-order valence-corrected chi connectivity index (χ0v) is 15.3. The third-order valence-corrected chi connectivity index (χ3v) is 4.48. The van der Waals surface area contributed by atoms with Crippen LogP contribution in [0.5, 0.6) is 5.75 Å². The molecule has 0 N–H and O–H groups in total. The number of halogens is 2. The second-order valence-electron chi connectivity index (χ2n) is 5.99. The molecule has 1 aromatic carbocycles. The zero-order chi connectivity index (χ0) is 18.5. The Kier molecular flexibility index (Phi) is 5.94. The highest BCUT2D eigenvalue weighted by Crippen LogP contribution is 2.48. The quantitative estimate of drug-likeness (QED) is 0.673. The smallest absolute Gasteiger partial charge is 0.294 e. The van der Waals surface area contributed by atoms with Crippen LogP contribution in [0.4, 0.5) is 0 Å². The molecule has 0 spiro atoms. The Morgan fingerprint density at radius 1 is 1.28 bits per heavy atom. The van der Waals surface area contributed by atoms with Gasteiger partial charge in [-0.1, -0.05) is 67.4 Å². The fourth-order valence-corrected chi connectivity index (χ4v) is 3.17. The number of hydrogen-bond donors (Lipinski definition) is 0. The van der Waals surface area contributed by atoms with E-state index in [9.17, 15) is 10.1 Å². The molecule has 130 valence electrons. The number of rotatable bonds is 6. The molecule has 0 aliphatic heterocycles. The van der Waals surface area contributed by atoms with Gasteiger partial charge in [-0.15, -0.1) is 0 Å².